The highest BCUT2D eigenvalue weighted by molar-refractivity contribution is 5.94. The zero-order valence-corrected chi connectivity index (χ0v) is 11.8. The fourth-order valence-electron chi connectivity index (χ4n) is 2.00. The number of aliphatic hydroxyl groups is 1. The number of nitrogens with one attached hydrogen (secondary N) is 1. The Bertz CT molecular complexity index is 404. The van der Waals surface area contributed by atoms with Crippen molar-refractivity contribution in [1.29, 1.82) is 0 Å². The molecular weight excluding hydrogens is 242 g/mol. The van der Waals surface area contributed by atoms with Crippen LogP contribution < -0.4 is 5.32 Å². The van der Waals surface area contributed by atoms with E-state index in [1.807, 2.05) is 25.1 Å². The summed E-state index contributed by atoms with van der Waals surface area (Å²) >= 11 is 0. The van der Waals surface area contributed by atoms with Gasteiger partial charge >= 0.3 is 0 Å². The Morgan fingerprint density at radius 1 is 1.42 bits per heavy atom. The van der Waals surface area contributed by atoms with Gasteiger partial charge in [-0.3, -0.25) is 4.79 Å². The molecule has 0 aliphatic rings. The smallest absolute Gasteiger partial charge is 0.251 e. The van der Waals surface area contributed by atoms with Crippen molar-refractivity contribution in [3.8, 4) is 0 Å². The molecule has 0 radical (unpaired) electrons. The topological polar surface area (TPSA) is 58.6 Å². The first-order valence-corrected chi connectivity index (χ1v) is 6.57. The molecule has 0 spiro atoms. The molecule has 1 aromatic rings. The summed E-state index contributed by atoms with van der Waals surface area (Å²) < 4.78 is 5.05. The van der Waals surface area contributed by atoms with Crippen LogP contribution >= 0.6 is 0 Å². The van der Waals surface area contributed by atoms with E-state index in [-0.39, 0.29) is 17.9 Å². The van der Waals surface area contributed by atoms with E-state index >= 15 is 0 Å². The molecule has 0 aromatic heterocycles. The second-order valence-corrected chi connectivity index (χ2v) is 5.03. The standard InChI is InChI=1S/C15H23NO3/c1-11(7-12(2)17)9-16-15(18)14-6-4-5-13(8-14)10-19-3/h4-6,8,11-12,17H,7,9-10H2,1-3H3,(H,16,18). The number of amides is 1. The fourth-order valence-corrected chi connectivity index (χ4v) is 2.00. The molecule has 2 atom stereocenters. The van der Waals surface area contributed by atoms with Gasteiger partial charge in [-0.15, -0.1) is 0 Å². The van der Waals surface area contributed by atoms with Gasteiger partial charge in [0.05, 0.1) is 12.7 Å². The molecule has 2 N–H and O–H groups in total. The maximum Gasteiger partial charge on any atom is 0.251 e. The van der Waals surface area contributed by atoms with Crippen LogP contribution in [-0.4, -0.2) is 30.8 Å². The van der Waals surface area contributed by atoms with E-state index in [2.05, 4.69) is 5.32 Å². The van der Waals surface area contributed by atoms with Gasteiger partial charge in [0.2, 0.25) is 0 Å². The number of carbonyl (C=O) groups is 1. The largest absolute Gasteiger partial charge is 0.393 e. The molecule has 19 heavy (non-hydrogen) atoms. The summed E-state index contributed by atoms with van der Waals surface area (Å²) in [6, 6.07) is 7.39. The van der Waals surface area contributed by atoms with Crippen molar-refractivity contribution in [3.63, 3.8) is 0 Å². The molecule has 4 nitrogen and oxygen atoms in total. The average Bonchev–Trinajstić information content (AvgIpc) is 2.36. The van der Waals surface area contributed by atoms with Gasteiger partial charge in [-0.05, 0) is 37.0 Å². The molecular formula is C15H23NO3. The number of hydrogen-bond donors (Lipinski definition) is 2. The molecule has 1 rings (SSSR count). The van der Waals surface area contributed by atoms with Crippen LogP contribution in [0.4, 0.5) is 0 Å². The molecule has 0 aliphatic carbocycles. The lowest BCUT2D eigenvalue weighted by Gasteiger charge is -2.14. The fraction of sp³-hybridized carbons (Fsp3) is 0.533. The van der Waals surface area contributed by atoms with E-state index in [9.17, 15) is 9.90 Å². The van der Waals surface area contributed by atoms with Crippen LogP contribution in [0.3, 0.4) is 0 Å². The van der Waals surface area contributed by atoms with E-state index in [1.165, 1.54) is 0 Å². The predicted molar refractivity (Wildman–Crippen MR) is 75.0 cm³/mol. The number of benzene rings is 1. The summed E-state index contributed by atoms with van der Waals surface area (Å²) in [6.07, 6.45) is 0.348. The van der Waals surface area contributed by atoms with E-state index in [4.69, 9.17) is 4.74 Å². The van der Waals surface area contributed by atoms with Crippen molar-refractivity contribution < 1.29 is 14.6 Å². The lowest BCUT2D eigenvalue weighted by Crippen LogP contribution is -2.29. The van der Waals surface area contributed by atoms with E-state index in [0.29, 0.717) is 25.1 Å². The average molecular weight is 265 g/mol. The van der Waals surface area contributed by atoms with Gasteiger partial charge in [-0.1, -0.05) is 19.1 Å². The second kappa shape index (κ2) is 7.92. The first kappa shape index (κ1) is 15.7. The SMILES string of the molecule is COCc1cccc(C(=O)NCC(C)CC(C)O)c1. The lowest BCUT2D eigenvalue weighted by molar-refractivity contribution is 0.0939. The van der Waals surface area contributed by atoms with Crippen molar-refractivity contribution in [3.05, 3.63) is 35.4 Å². The van der Waals surface area contributed by atoms with Crippen molar-refractivity contribution in [2.45, 2.75) is 33.0 Å². The molecule has 4 heteroatoms. The van der Waals surface area contributed by atoms with Gasteiger partial charge in [0, 0.05) is 19.2 Å². The van der Waals surface area contributed by atoms with Crippen LogP contribution in [0.5, 0.6) is 0 Å². The van der Waals surface area contributed by atoms with Gasteiger partial charge in [0.25, 0.3) is 5.91 Å². The maximum atomic E-state index is 12.0. The Balaban J connectivity index is 2.51. The first-order valence-electron chi connectivity index (χ1n) is 6.57. The van der Waals surface area contributed by atoms with Crippen molar-refractivity contribution in [2.24, 2.45) is 5.92 Å². The van der Waals surface area contributed by atoms with Crippen LogP contribution in [0.25, 0.3) is 0 Å². The van der Waals surface area contributed by atoms with Crippen LogP contribution in [0, 0.1) is 5.92 Å². The summed E-state index contributed by atoms with van der Waals surface area (Å²) in [7, 11) is 1.63. The quantitative estimate of drug-likeness (QED) is 0.792. The third kappa shape index (κ3) is 5.85. The van der Waals surface area contributed by atoms with Crippen molar-refractivity contribution in [1.82, 2.24) is 5.32 Å². The Hall–Kier alpha value is -1.39. The minimum absolute atomic E-state index is 0.0876. The van der Waals surface area contributed by atoms with Crippen molar-refractivity contribution >= 4 is 5.91 Å². The number of hydrogen-bond acceptors (Lipinski definition) is 3. The highest BCUT2D eigenvalue weighted by Crippen LogP contribution is 2.08. The number of methoxy groups -OCH3 is 1. The zero-order chi connectivity index (χ0) is 14.3. The molecule has 0 fully saturated rings. The van der Waals surface area contributed by atoms with E-state index < -0.39 is 0 Å². The third-order valence-electron chi connectivity index (χ3n) is 2.85. The van der Waals surface area contributed by atoms with Crippen molar-refractivity contribution in [2.75, 3.05) is 13.7 Å². The second-order valence-electron chi connectivity index (χ2n) is 5.03. The zero-order valence-electron chi connectivity index (χ0n) is 11.8. The minimum Gasteiger partial charge on any atom is -0.393 e. The van der Waals surface area contributed by atoms with Crippen LogP contribution in [0.2, 0.25) is 0 Å². The Morgan fingerprint density at radius 2 is 2.16 bits per heavy atom. The third-order valence-corrected chi connectivity index (χ3v) is 2.85. The molecule has 2 unspecified atom stereocenters. The molecule has 0 bridgehead atoms. The Kier molecular flexibility index (Phi) is 6.53. The molecule has 0 saturated carbocycles. The summed E-state index contributed by atoms with van der Waals surface area (Å²) in [5.74, 6) is 0.168. The highest BCUT2D eigenvalue weighted by Gasteiger charge is 2.10. The normalized spacial score (nSPS) is 13.9. The van der Waals surface area contributed by atoms with Gasteiger partial charge < -0.3 is 15.2 Å². The molecule has 0 heterocycles. The summed E-state index contributed by atoms with van der Waals surface area (Å²) in [6.45, 7) is 4.83. The minimum atomic E-state index is -0.336. The number of ether oxygens (including phenoxy) is 1. The van der Waals surface area contributed by atoms with E-state index in [0.717, 1.165) is 5.56 Å². The lowest BCUT2D eigenvalue weighted by atomic mass is 10.0. The number of aliphatic hydroxyl groups excluding tert-OH is 1. The van der Waals surface area contributed by atoms with E-state index in [1.54, 1.807) is 20.1 Å². The predicted octanol–water partition coefficient (Wildman–Crippen LogP) is 1.97. The molecule has 1 amide bonds. The molecule has 0 saturated heterocycles. The molecule has 0 aliphatic heterocycles. The summed E-state index contributed by atoms with van der Waals surface area (Å²) in [4.78, 5) is 12.0. The van der Waals surface area contributed by atoms with Gasteiger partial charge in [0.1, 0.15) is 0 Å². The van der Waals surface area contributed by atoms with Crippen LogP contribution in [-0.2, 0) is 11.3 Å². The van der Waals surface area contributed by atoms with Crippen LogP contribution in [0.15, 0.2) is 24.3 Å². The Morgan fingerprint density at radius 3 is 2.79 bits per heavy atom. The first-order chi connectivity index (χ1) is 9.02. The molecule has 106 valence electrons. The Labute approximate surface area is 114 Å². The summed E-state index contributed by atoms with van der Waals surface area (Å²) in [5.41, 5.74) is 1.62. The van der Waals surface area contributed by atoms with Gasteiger partial charge in [-0.25, -0.2) is 0 Å². The summed E-state index contributed by atoms with van der Waals surface area (Å²) in [5, 5.41) is 12.2. The van der Waals surface area contributed by atoms with Gasteiger partial charge in [-0.2, -0.15) is 0 Å². The number of rotatable bonds is 7. The molecule has 1 aromatic carbocycles. The van der Waals surface area contributed by atoms with Gasteiger partial charge in [0.15, 0.2) is 0 Å². The number of carbonyl (C=O) groups excluding carboxylic acids is 1. The highest BCUT2D eigenvalue weighted by atomic mass is 16.5. The van der Waals surface area contributed by atoms with Crippen LogP contribution in [0.1, 0.15) is 36.2 Å². The maximum absolute atomic E-state index is 12.0. The monoisotopic (exact) mass is 265 g/mol.